The van der Waals surface area contributed by atoms with Gasteiger partial charge < -0.3 is 9.55 Å². The Morgan fingerprint density at radius 1 is 0.867 bits per heavy atom. The maximum atomic E-state index is 3.30. The van der Waals surface area contributed by atoms with Gasteiger partial charge in [-0.2, -0.15) is 0 Å². The second-order valence-corrected chi connectivity index (χ2v) is 8.80. The lowest BCUT2D eigenvalue weighted by atomic mass is 9.75. The van der Waals surface area contributed by atoms with E-state index in [9.17, 15) is 0 Å². The van der Waals surface area contributed by atoms with Crippen molar-refractivity contribution in [3.63, 3.8) is 0 Å². The van der Waals surface area contributed by atoms with Crippen LogP contribution in [0, 0.1) is 0 Å². The van der Waals surface area contributed by atoms with Crippen molar-refractivity contribution in [1.29, 1.82) is 0 Å². The maximum absolute atomic E-state index is 3.30. The maximum Gasteiger partial charge on any atom is 0.0533 e. The normalized spacial score (nSPS) is 16.0. The van der Waals surface area contributed by atoms with Crippen LogP contribution in [0.2, 0.25) is 0 Å². The number of fused-ring (bicyclic) bond motifs is 8. The van der Waals surface area contributed by atoms with Gasteiger partial charge in [-0.1, -0.05) is 48.6 Å². The fourth-order valence-corrected chi connectivity index (χ4v) is 5.96. The summed E-state index contributed by atoms with van der Waals surface area (Å²) in [5, 5.41) is 2.67. The second-order valence-electron chi connectivity index (χ2n) is 8.80. The molecule has 0 fully saturated rings. The number of aromatic amines is 1. The fourth-order valence-electron chi connectivity index (χ4n) is 5.96. The minimum Gasteiger partial charge on any atom is -0.361 e. The van der Waals surface area contributed by atoms with E-state index >= 15 is 0 Å². The number of aryl methyl sites for hydroxylation is 1. The standard InChI is InChI=1S/C28H22N2/c1-30-25-7-3-2-6-22(25)26-27(30)21-10-8-19(17-23(21)28(26)13-4-5-14-28)18-9-11-24-20(16-18)12-15-29-24/h2-12,15-17,29H,13-14H2,1H3. The number of aromatic nitrogens is 2. The molecule has 144 valence electrons. The van der Waals surface area contributed by atoms with Crippen molar-refractivity contribution in [3.8, 4) is 22.4 Å². The van der Waals surface area contributed by atoms with Crippen molar-refractivity contribution in [2.75, 3.05) is 0 Å². The molecule has 2 heteroatoms. The van der Waals surface area contributed by atoms with Crippen LogP contribution in [0.15, 0.2) is 85.1 Å². The quantitative estimate of drug-likeness (QED) is 0.301. The molecule has 2 aliphatic carbocycles. The summed E-state index contributed by atoms with van der Waals surface area (Å²) >= 11 is 0. The van der Waals surface area contributed by atoms with E-state index in [1.807, 2.05) is 6.20 Å². The lowest BCUT2D eigenvalue weighted by Gasteiger charge is -2.27. The van der Waals surface area contributed by atoms with Crippen LogP contribution in [0.3, 0.4) is 0 Å². The van der Waals surface area contributed by atoms with Crippen LogP contribution < -0.4 is 0 Å². The number of hydrogen-bond acceptors (Lipinski definition) is 0. The predicted molar refractivity (Wildman–Crippen MR) is 125 cm³/mol. The molecule has 0 aliphatic heterocycles. The Hall–Kier alpha value is -3.52. The minimum atomic E-state index is 0.0692. The van der Waals surface area contributed by atoms with Gasteiger partial charge in [0.25, 0.3) is 0 Å². The summed E-state index contributed by atoms with van der Waals surface area (Å²) < 4.78 is 2.40. The molecule has 2 aromatic heterocycles. The molecule has 30 heavy (non-hydrogen) atoms. The average molecular weight is 386 g/mol. The first kappa shape index (κ1) is 16.3. The largest absolute Gasteiger partial charge is 0.361 e. The number of H-pyrrole nitrogens is 1. The molecular formula is C28H22N2. The van der Waals surface area contributed by atoms with E-state index in [0.29, 0.717) is 0 Å². The van der Waals surface area contributed by atoms with Crippen LogP contribution >= 0.6 is 0 Å². The van der Waals surface area contributed by atoms with E-state index < -0.39 is 0 Å². The molecule has 0 unspecified atom stereocenters. The lowest BCUT2D eigenvalue weighted by molar-refractivity contribution is 0.577. The Balaban J connectivity index is 1.51. The van der Waals surface area contributed by atoms with Crippen molar-refractivity contribution in [2.24, 2.45) is 7.05 Å². The summed E-state index contributed by atoms with van der Waals surface area (Å²) in [4.78, 5) is 3.30. The molecule has 0 radical (unpaired) electrons. The van der Waals surface area contributed by atoms with Crippen LogP contribution in [0.5, 0.6) is 0 Å². The summed E-state index contributed by atoms with van der Waals surface area (Å²) in [5.41, 5.74) is 11.0. The fraction of sp³-hybridized carbons (Fsp3) is 0.143. The van der Waals surface area contributed by atoms with E-state index in [-0.39, 0.29) is 5.41 Å². The zero-order chi connectivity index (χ0) is 19.9. The van der Waals surface area contributed by atoms with Gasteiger partial charge in [-0.3, -0.25) is 0 Å². The Labute approximate surface area is 175 Å². The molecule has 3 aromatic carbocycles. The Morgan fingerprint density at radius 2 is 1.67 bits per heavy atom. The third-order valence-electron chi connectivity index (χ3n) is 7.36. The molecule has 0 saturated carbocycles. The molecule has 1 N–H and O–H groups in total. The highest BCUT2D eigenvalue weighted by atomic mass is 15.0. The number of nitrogens with one attached hydrogen (secondary N) is 1. The lowest BCUT2D eigenvalue weighted by Crippen LogP contribution is -2.21. The molecule has 0 atom stereocenters. The predicted octanol–water partition coefficient (Wildman–Crippen LogP) is 6.94. The number of allylic oxidation sites excluding steroid dienone is 2. The smallest absolute Gasteiger partial charge is 0.0533 e. The molecule has 2 heterocycles. The number of hydrogen-bond donors (Lipinski definition) is 1. The van der Waals surface area contributed by atoms with Gasteiger partial charge in [0.05, 0.1) is 5.69 Å². The van der Waals surface area contributed by atoms with Crippen molar-refractivity contribution < 1.29 is 0 Å². The van der Waals surface area contributed by atoms with E-state index in [4.69, 9.17) is 0 Å². The molecule has 0 bridgehead atoms. The summed E-state index contributed by atoms with van der Waals surface area (Å²) in [6, 6.07) is 24.9. The van der Waals surface area contributed by atoms with Crippen molar-refractivity contribution in [3.05, 3.63) is 96.2 Å². The van der Waals surface area contributed by atoms with Crippen molar-refractivity contribution >= 4 is 21.8 Å². The molecule has 0 amide bonds. The Kier molecular flexibility index (Phi) is 3.01. The number of rotatable bonds is 1. The highest BCUT2D eigenvalue weighted by Crippen LogP contribution is 2.58. The van der Waals surface area contributed by atoms with Crippen LogP contribution in [-0.2, 0) is 12.5 Å². The first-order chi connectivity index (χ1) is 14.8. The summed E-state index contributed by atoms with van der Waals surface area (Å²) in [6.45, 7) is 0. The summed E-state index contributed by atoms with van der Waals surface area (Å²) in [7, 11) is 2.22. The molecule has 0 saturated heterocycles. The van der Waals surface area contributed by atoms with Gasteiger partial charge in [-0.05, 0) is 70.8 Å². The van der Waals surface area contributed by atoms with Crippen LogP contribution in [0.4, 0.5) is 0 Å². The highest BCUT2D eigenvalue weighted by molar-refractivity contribution is 5.99. The molecule has 7 rings (SSSR count). The van der Waals surface area contributed by atoms with Crippen LogP contribution in [-0.4, -0.2) is 9.55 Å². The van der Waals surface area contributed by atoms with E-state index in [1.165, 1.54) is 55.3 Å². The molecular weight excluding hydrogens is 364 g/mol. The van der Waals surface area contributed by atoms with Gasteiger partial charge in [0.15, 0.2) is 0 Å². The number of nitrogens with zero attached hydrogens (tertiary/aromatic N) is 1. The second kappa shape index (κ2) is 5.54. The van der Waals surface area contributed by atoms with Crippen molar-refractivity contribution in [1.82, 2.24) is 9.55 Å². The SMILES string of the molecule is Cn1c2c(c3ccccc31)C1(CC=CC1)c1cc(-c3ccc4[nH]ccc4c3)ccc1-2. The van der Waals surface area contributed by atoms with Gasteiger partial charge in [-0.15, -0.1) is 0 Å². The molecule has 5 aromatic rings. The third-order valence-corrected chi connectivity index (χ3v) is 7.36. The summed E-state index contributed by atoms with van der Waals surface area (Å²) in [6.07, 6.45) is 8.93. The first-order valence-corrected chi connectivity index (χ1v) is 10.7. The van der Waals surface area contributed by atoms with E-state index in [2.05, 4.69) is 95.5 Å². The molecule has 1 spiro atoms. The Bertz CT molecular complexity index is 1500. The van der Waals surface area contributed by atoms with Crippen LogP contribution in [0.25, 0.3) is 44.2 Å². The van der Waals surface area contributed by atoms with Crippen LogP contribution in [0.1, 0.15) is 24.0 Å². The topological polar surface area (TPSA) is 20.7 Å². The molecule has 2 aliphatic rings. The molecule has 2 nitrogen and oxygen atoms in total. The van der Waals surface area contributed by atoms with Gasteiger partial charge in [0, 0.05) is 40.6 Å². The minimum absolute atomic E-state index is 0.0692. The van der Waals surface area contributed by atoms with Gasteiger partial charge in [0.2, 0.25) is 0 Å². The van der Waals surface area contributed by atoms with E-state index in [1.54, 1.807) is 0 Å². The van der Waals surface area contributed by atoms with E-state index in [0.717, 1.165) is 12.8 Å². The third kappa shape index (κ3) is 1.89. The zero-order valence-corrected chi connectivity index (χ0v) is 16.9. The number of benzene rings is 3. The Morgan fingerprint density at radius 3 is 2.57 bits per heavy atom. The van der Waals surface area contributed by atoms with Crippen molar-refractivity contribution in [2.45, 2.75) is 18.3 Å². The van der Waals surface area contributed by atoms with Gasteiger partial charge in [-0.25, -0.2) is 0 Å². The summed E-state index contributed by atoms with van der Waals surface area (Å²) in [5.74, 6) is 0. The highest BCUT2D eigenvalue weighted by Gasteiger charge is 2.46. The van der Waals surface area contributed by atoms with Gasteiger partial charge >= 0.3 is 0 Å². The monoisotopic (exact) mass is 386 g/mol. The first-order valence-electron chi connectivity index (χ1n) is 10.7. The zero-order valence-electron chi connectivity index (χ0n) is 16.9. The number of para-hydroxylation sites is 1. The average Bonchev–Trinajstić information content (AvgIpc) is 3.55. The van der Waals surface area contributed by atoms with Gasteiger partial charge in [0.1, 0.15) is 0 Å².